The van der Waals surface area contributed by atoms with Gasteiger partial charge in [0, 0.05) is 23.9 Å². The zero-order valence-corrected chi connectivity index (χ0v) is 9.04. The van der Waals surface area contributed by atoms with Gasteiger partial charge in [0.05, 0.1) is 5.00 Å². The Labute approximate surface area is 87.3 Å². The predicted octanol–water partition coefficient (Wildman–Crippen LogP) is 1.65. The molecule has 1 aromatic rings. The van der Waals surface area contributed by atoms with Gasteiger partial charge in [0.1, 0.15) is 0 Å². The predicted molar refractivity (Wildman–Crippen MR) is 58.5 cm³/mol. The molecule has 0 saturated heterocycles. The zero-order valence-electron chi connectivity index (χ0n) is 8.22. The zero-order chi connectivity index (χ0) is 10.1. The summed E-state index contributed by atoms with van der Waals surface area (Å²) >= 11 is 1.69. The standard InChI is InChI=1S/C10H14N2OS/c1-6(13)12-10-8(5-11)7-3-2-4-9(7)14-10/h2-5,11H2,1H3,(H,12,13). The Balaban J connectivity index is 2.36. The van der Waals surface area contributed by atoms with E-state index in [9.17, 15) is 4.79 Å². The summed E-state index contributed by atoms with van der Waals surface area (Å²) in [5.74, 6) is -0.0142. The van der Waals surface area contributed by atoms with Gasteiger partial charge in [-0.15, -0.1) is 11.3 Å². The Morgan fingerprint density at radius 3 is 3.00 bits per heavy atom. The van der Waals surface area contributed by atoms with Crippen LogP contribution in [0.15, 0.2) is 0 Å². The maximum Gasteiger partial charge on any atom is 0.221 e. The van der Waals surface area contributed by atoms with Crippen molar-refractivity contribution in [3.63, 3.8) is 0 Å². The molecule has 0 unspecified atom stereocenters. The van der Waals surface area contributed by atoms with Crippen molar-refractivity contribution in [3.8, 4) is 0 Å². The van der Waals surface area contributed by atoms with Gasteiger partial charge in [-0.2, -0.15) is 0 Å². The highest BCUT2D eigenvalue weighted by atomic mass is 32.1. The number of thiophene rings is 1. The lowest BCUT2D eigenvalue weighted by Gasteiger charge is -2.03. The number of anilines is 1. The highest BCUT2D eigenvalue weighted by molar-refractivity contribution is 7.16. The quantitative estimate of drug-likeness (QED) is 0.780. The fraction of sp³-hybridized carbons (Fsp3) is 0.500. The topological polar surface area (TPSA) is 55.1 Å². The van der Waals surface area contributed by atoms with Crippen LogP contribution in [0.1, 0.15) is 29.3 Å². The molecule has 1 aliphatic carbocycles. The minimum absolute atomic E-state index is 0.0142. The van der Waals surface area contributed by atoms with Crippen LogP contribution >= 0.6 is 11.3 Å². The molecule has 14 heavy (non-hydrogen) atoms. The highest BCUT2D eigenvalue weighted by Crippen LogP contribution is 2.38. The Bertz CT molecular complexity index is 370. The van der Waals surface area contributed by atoms with Crippen LogP contribution in [0.4, 0.5) is 5.00 Å². The van der Waals surface area contributed by atoms with Crippen LogP contribution < -0.4 is 11.1 Å². The SMILES string of the molecule is CC(=O)Nc1sc2c(c1CN)CCC2. The third-order valence-corrected chi connectivity index (χ3v) is 3.77. The largest absolute Gasteiger partial charge is 0.326 e. The molecule has 0 bridgehead atoms. The van der Waals surface area contributed by atoms with Crippen molar-refractivity contribution in [3.05, 3.63) is 16.0 Å². The first-order valence-corrected chi connectivity index (χ1v) is 5.65. The van der Waals surface area contributed by atoms with E-state index in [1.807, 2.05) is 0 Å². The molecular formula is C10H14N2OS. The summed E-state index contributed by atoms with van der Waals surface area (Å²) < 4.78 is 0. The number of carbonyl (C=O) groups excluding carboxylic acids is 1. The normalized spacial score (nSPS) is 14.1. The summed E-state index contributed by atoms with van der Waals surface area (Å²) in [5, 5.41) is 3.82. The van der Waals surface area contributed by atoms with Crippen LogP contribution in [-0.2, 0) is 24.2 Å². The second-order valence-electron chi connectivity index (χ2n) is 3.55. The van der Waals surface area contributed by atoms with Gasteiger partial charge >= 0.3 is 0 Å². The van der Waals surface area contributed by atoms with Gasteiger partial charge in [0.15, 0.2) is 0 Å². The molecule has 0 spiro atoms. The van der Waals surface area contributed by atoms with Crippen LogP contribution in [0.25, 0.3) is 0 Å². The van der Waals surface area contributed by atoms with Crippen LogP contribution in [-0.4, -0.2) is 5.91 Å². The summed E-state index contributed by atoms with van der Waals surface area (Å²) in [6, 6.07) is 0. The number of aryl methyl sites for hydroxylation is 1. The number of amides is 1. The fourth-order valence-electron chi connectivity index (χ4n) is 1.95. The third-order valence-electron chi connectivity index (χ3n) is 2.52. The van der Waals surface area contributed by atoms with E-state index in [0.29, 0.717) is 6.54 Å². The molecule has 0 aliphatic heterocycles. The maximum absolute atomic E-state index is 11.0. The van der Waals surface area contributed by atoms with Crippen LogP contribution in [0, 0.1) is 0 Å². The molecule has 3 N–H and O–H groups in total. The van der Waals surface area contributed by atoms with E-state index in [-0.39, 0.29) is 5.91 Å². The first-order valence-electron chi connectivity index (χ1n) is 4.83. The molecule has 0 aromatic carbocycles. The van der Waals surface area contributed by atoms with Crippen molar-refractivity contribution >= 4 is 22.2 Å². The van der Waals surface area contributed by atoms with E-state index < -0.39 is 0 Å². The second-order valence-corrected chi connectivity index (χ2v) is 4.66. The van der Waals surface area contributed by atoms with Crippen molar-refractivity contribution in [1.82, 2.24) is 0 Å². The average molecular weight is 210 g/mol. The van der Waals surface area contributed by atoms with Gasteiger partial charge in [-0.25, -0.2) is 0 Å². The lowest BCUT2D eigenvalue weighted by molar-refractivity contribution is -0.114. The molecule has 1 aromatic heterocycles. The molecule has 0 saturated carbocycles. The fourth-order valence-corrected chi connectivity index (χ4v) is 3.31. The first-order chi connectivity index (χ1) is 6.72. The van der Waals surface area contributed by atoms with Crippen molar-refractivity contribution in [2.75, 3.05) is 5.32 Å². The van der Waals surface area contributed by atoms with Gasteiger partial charge in [0.25, 0.3) is 0 Å². The highest BCUT2D eigenvalue weighted by Gasteiger charge is 2.21. The minimum Gasteiger partial charge on any atom is -0.326 e. The van der Waals surface area contributed by atoms with Crippen molar-refractivity contribution in [2.45, 2.75) is 32.7 Å². The summed E-state index contributed by atoms with van der Waals surface area (Å²) in [5.41, 5.74) is 8.24. The van der Waals surface area contributed by atoms with E-state index in [4.69, 9.17) is 5.73 Å². The Kier molecular flexibility index (Phi) is 2.56. The number of hydrogen-bond acceptors (Lipinski definition) is 3. The molecular weight excluding hydrogens is 196 g/mol. The van der Waals surface area contributed by atoms with Gasteiger partial charge < -0.3 is 11.1 Å². The lowest BCUT2D eigenvalue weighted by Crippen LogP contribution is -2.08. The van der Waals surface area contributed by atoms with E-state index >= 15 is 0 Å². The maximum atomic E-state index is 11.0. The lowest BCUT2D eigenvalue weighted by atomic mass is 10.1. The van der Waals surface area contributed by atoms with Gasteiger partial charge in [-0.1, -0.05) is 0 Å². The van der Waals surface area contributed by atoms with Crippen molar-refractivity contribution < 1.29 is 4.79 Å². The molecule has 0 fully saturated rings. The molecule has 1 aliphatic rings. The molecule has 1 amide bonds. The average Bonchev–Trinajstić information content (AvgIpc) is 2.62. The van der Waals surface area contributed by atoms with Crippen molar-refractivity contribution in [1.29, 1.82) is 0 Å². The van der Waals surface area contributed by atoms with Gasteiger partial charge in [0.2, 0.25) is 5.91 Å². The Morgan fingerprint density at radius 2 is 2.36 bits per heavy atom. The third kappa shape index (κ3) is 1.55. The molecule has 76 valence electrons. The molecule has 1 heterocycles. The number of rotatable bonds is 2. The molecule has 2 rings (SSSR count). The first kappa shape index (κ1) is 9.68. The van der Waals surface area contributed by atoms with Gasteiger partial charge in [-0.05, 0) is 24.8 Å². The number of nitrogens with two attached hydrogens (primary N) is 1. The summed E-state index contributed by atoms with van der Waals surface area (Å²) in [4.78, 5) is 12.4. The van der Waals surface area contributed by atoms with E-state index in [0.717, 1.165) is 23.4 Å². The van der Waals surface area contributed by atoms with Crippen molar-refractivity contribution in [2.24, 2.45) is 5.73 Å². The Hall–Kier alpha value is -0.870. The second kappa shape index (κ2) is 3.71. The molecule has 0 radical (unpaired) electrons. The van der Waals surface area contributed by atoms with E-state index in [2.05, 4.69) is 5.32 Å². The summed E-state index contributed by atoms with van der Waals surface area (Å²) in [7, 11) is 0. The number of carbonyl (C=O) groups is 1. The smallest absolute Gasteiger partial charge is 0.221 e. The van der Waals surface area contributed by atoms with Crippen LogP contribution in [0.3, 0.4) is 0 Å². The van der Waals surface area contributed by atoms with Gasteiger partial charge in [-0.3, -0.25) is 4.79 Å². The number of hydrogen-bond donors (Lipinski definition) is 2. The van der Waals surface area contributed by atoms with E-state index in [1.165, 1.54) is 23.8 Å². The monoisotopic (exact) mass is 210 g/mol. The molecule has 3 nitrogen and oxygen atoms in total. The number of nitrogens with one attached hydrogen (secondary N) is 1. The van der Waals surface area contributed by atoms with Crippen LogP contribution in [0.5, 0.6) is 0 Å². The number of fused-ring (bicyclic) bond motifs is 1. The molecule has 0 atom stereocenters. The minimum atomic E-state index is -0.0142. The summed E-state index contributed by atoms with van der Waals surface area (Å²) in [6.45, 7) is 2.06. The molecule has 4 heteroatoms. The van der Waals surface area contributed by atoms with E-state index in [1.54, 1.807) is 11.3 Å². The Morgan fingerprint density at radius 1 is 1.57 bits per heavy atom. The summed E-state index contributed by atoms with van der Waals surface area (Å²) in [6.07, 6.45) is 3.50. The van der Waals surface area contributed by atoms with Crippen LogP contribution in [0.2, 0.25) is 0 Å².